The molecule has 17 heavy (non-hydrogen) atoms. The van der Waals surface area contributed by atoms with E-state index in [-0.39, 0.29) is 22.6 Å². The second-order valence-corrected chi connectivity index (χ2v) is 5.70. The zero-order chi connectivity index (χ0) is 13.1. The van der Waals surface area contributed by atoms with E-state index in [1.54, 1.807) is 6.07 Å². The molecule has 0 radical (unpaired) electrons. The van der Waals surface area contributed by atoms with Gasteiger partial charge >= 0.3 is 0 Å². The number of alkyl halides is 1. The monoisotopic (exact) mass is 277 g/mol. The van der Waals surface area contributed by atoms with Gasteiger partial charge in [0.05, 0.1) is 11.8 Å². The zero-order valence-corrected chi connectivity index (χ0v) is 11.7. The van der Waals surface area contributed by atoms with Crippen molar-refractivity contribution in [3.63, 3.8) is 0 Å². The van der Waals surface area contributed by atoms with E-state index < -0.39 is 0 Å². The fraction of sp³-hybridized carbons (Fsp3) is 0.583. The van der Waals surface area contributed by atoms with Crippen LogP contribution in [-0.2, 0) is 0 Å². The first-order valence-electron chi connectivity index (χ1n) is 5.46. The van der Waals surface area contributed by atoms with Crippen LogP contribution in [0.5, 0.6) is 0 Å². The van der Waals surface area contributed by atoms with E-state index in [9.17, 15) is 4.79 Å². The maximum atomic E-state index is 12.0. The summed E-state index contributed by atoms with van der Waals surface area (Å²) in [5.74, 6) is 0.273. The summed E-state index contributed by atoms with van der Waals surface area (Å²) in [5.41, 5.74) is 0.302. The molecule has 0 aromatic carbocycles. The second kappa shape index (κ2) is 5.78. The number of amides is 1. The van der Waals surface area contributed by atoms with Crippen molar-refractivity contribution in [2.24, 2.45) is 5.41 Å². The standard InChI is InChI=1S/C12H17Cl2NO2/c1-12(2,3)9(4-6-13)15-11(16)8-5-7-17-10(8)14/h5,7,9H,4,6H2,1-3H3,(H,15,16). The molecule has 5 heteroatoms. The van der Waals surface area contributed by atoms with E-state index in [2.05, 4.69) is 26.1 Å². The van der Waals surface area contributed by atoms with E-state index in [1.807, 2.05) is 0 Å². The van der Waals surface area contributed by atoms with E-state index in [1.165, 1.54) is 6.26 Å². The quantitative estimate of drug-likeness (QED) is 0.853. The van der Waals surface area contributed by atoms with Gasteiger partial charge < -0.3 is 9.73 Å². The Morgan fingerprint density at radius 1 is 1.53 bits per heavy atom. The number of halogens is 2. The molecule has 0 aliphatic heterocycles. The molecule has 1 heterocycles. The van der Waals surface area contributed by atoms with Gasteiger partial charge in [-0.15, -0.1) is 11.6 Å². The van der Waals surface area contributed by atoms with E-state index in [4.69, 9.17) is 27.6 Å². The highest BCUT2D eigenvalue weighted by molar-refractivity contribution is 6.32. The number of hydrogen-bond donors (Lipinski definition) is 1. The van der Waals surface area contributed by atoms with Gasteiger partial charge in [0.15, 0.2) is 0 Å². The molecule has 0 aliphatic carbocycles. The molecule has 1 aromatic heterocycles. The number of carbonyl (C=O) groups excluding carboxylic acids is 1. The minimum Gasteiger partial charge on any atom is -0.452 e. The Morgan fingerprint density at radius 2 is 2.18 bits per heavy atom. The number of furan rings is 1. The largest absolute Gasteiger partial charge is 0.452 e. The number of carbonyl (C=O) groups is 1. The summed E-state index contributed by atoms with van der Waals surface area (Å²) in [4.78, 5) is 12.0. The predicted octanol–water partition coefficient (Wildman–Crippen LogP) is 3.71. The van der Waals surface area contributed by atoms with E-state index in [0.717, 1.165) is 0 Å². The molecule has 1 atom stereocenters. The highest BCUT2D eigenvalue weighted by Gasteiger charge is 2.27. The lowest BCUT2D eigenvalue weighted by atomic mass is 9.85. The van der Waals surface area contributed by atoms with Crippen molar-refractivity contribution < 1.29 is 9.21 Å². The Bertz CT molecular complexity index is 382. The molecule has 0 bridgehead atoms. The highest BCUT2D eigenvalue weighted by atomic mass is 35.5. The molecule has 1 N–H and O–H groups in total. The van der Waals surface area contributed by atoms with Gasteiger partial charge in [0.25, 0.3) is 5.91 Å². The average Bonchev–Trinajstić information content (AvgIpc) is 2.62. The summed E-state index contributed by atoms with van der Waals surface area (Å²) in [6.45, 7) is 6.17. The predicted molar refractivity (Wildman–Crippen MR) is 69.8 cm³/mol. The Hall–Kier alpha value is -0.670. The summed E-state index contributed by atoms with van der Waals surface area (Å²) >= 11 is 11.5. The lowest BCUT2D eigenvalue weighted by Gasteiger charge is -2.31. The number of hydrogen-bond acceptors (Lipinski definition) is 2. The van der Waals surface area contributed by atoms with Gasteiger partial charge in [0.1, 0.15) is 0 Å². The van der Waals surface area contributed by atoms with Crippen molar-refractivity contribution in [3.05, 3.63) is 23.1 Å². The van der Waals surface area contributed by atoms with Crippen molar-refractivity contribution in [2.75, 3.05) is 5.88 Å². The molecule has 96 valence electrons. The minimum atomic E-state index is -0.228. The van der Waals surface area contributed by atoms with Crippen LogP contribution in [-0.4, -0.2) is 17.8 Å². The molecule has 1 unspecified atom stereocenters. The summed E-state index contributed by atoms with van der Waals surface area (Å²) < 4.78 is 4.89. The van der Waals surface area contributed by atoms with Gasteiger partial charge in [-0.2, -0.15) is 0 Å². The molecule has 1 aromatic rings. The maximum Gasteiger partial charge on any atom is 0.256 e. The van der Waals surface area contributed by atoms with Gasteiger partial charge in [-0.1, -0.05) is 20.8 Å². The fourth-order valence-corrected chi connectivity index (χ4v) is 1.94. The topological polar surface area (TPSA) is 42.2 Å². The number of nitrogens with one attached hydrogen (secondary N) is 1. The van der Waals surface area contributed by atoms with Crippen molar-refractivity contribution in [3.8, 4) is 0 Å². The third kappa shape index (κ3) is 3.93. The molecule has 3 nitrogen and oxygen atoms in total. The molecule has 1 rings (SSSR count). The molecule has 0 saturated heterocycles. The van der Waals surface area contributed by atoms with Gasteiger partial charge in [-0.25, -0.2) is 0 Å². The Labute approximate surface area is 111 Å². The van der Waals surface area contributed by atoms with Gasteiger partial charge in [-0.05, 0) is 29.5 Å². The maximum absolute atomic E-state index is 12.0. The van der Waals surface area contributed by atoms with Crippen LogP contribution in [0.2, 0.25) is 5.22 Å². The third-order valence-corrected chi connectivity index (χ3v) is 3.12. The zero-order valence-electron chi connectivity index (χ0n) is 10.2. The van der Waals surface area contributed by atoms with Crippen molar-refractivity contribution in [1.82, 2.24) is 5.32 Å². The molecule has 0 saturated carbocycles. The molecule has 0 spiro atoms. The highest BCUT2D eigenvalue weighted by Crippen LogP contribution is 2.24. The Balaban J connectivity index is 2.75. The van der Waals surface area contributed by atoms with Crippen LogP contribution in [0.15, 0.2) is 16.7 Å². The summed E-state index contributed by atoms with van der Waals surface area (Å²) in [6.07, 6.45) is 2.11. The molecule has 1 amide bonds. The smallest absolute Gasteiger partial charge is 0.256 e. The first-order chi connectivity index (χ1) is 7.86. The van der Waals surface area contributed by atoms with Crippen LogP contribution in [0, 0.1) is 5.41 Å². The Kier molecular flexibility index (Phi) is 4.90. The first kappa shape index (κ1) is 14.4. The normalized spacial score (nSPS) is 13.5. The molecular formula is C12H17Cl2NO2. The van der Waals surface area contributed by atoms with E-state index >= 15 is 0 Å². The second-order valence-electron chi connectivity index (χ2n) is 4.98. The molecule has 0 fully saturated rings. The third-order valence-electron chi connectivity index (χ3n) is 2.61. The Morgan fingerprint density at radius 3 is 2.59 bits per heavy atom. The minimum absolute atomic E-state index is 0.00142. The van der Waals surface area contributed by atoms with E-state index in [0.29, 0.717) is 17.9 Å². The number of rotatable bonds is 4. The van der Waals surface area contributed by atoms with Gasteiger partial charge in [-0.3, -0.25) is 4.79 Å². The van der Waals surface area contributed by atoms with Crippen molar-refractivity contribution >= 4 is 29.1 Å². The first-order valence-corrected chi connectivity index (χ1v) is 6.37. The summed E-state index contributed by atoms with van der Waals surface area (Å²) in [6, 6.07) is 1.55. The van der Waals surface area contributed by atoms with Crippen LogP contribution in [0.1, 0.15) is 37.6 Å². The van der Waals surface area contributed by atoms with Crippen molar-refractivity contribution in [2.45, 2.75) is 33.2 Å². The van der Waals surface area contributed by atoms with Gasteiger partial charge in [0, 0.05) is 11.9 Å². The van der Waals surface area contributed by atoms with Crippen LogP contribution in [0.4, 0.5) is 0 Å². The van der Waals surface area contributed by atoms with Crippen LogP contribution in [0.25, 0.3) is 0 Å². The average molecular weight is 278 g/mol. The fourth-order valence-electron chi connectivity index (χ4n) is 1.52. The lowest BCUT2D eigenvalue weighted by molar-refractivity contribution is 0.0900. The van der Waals surface area contributed by atoms with Gasteiger partial charge in [0.2, 0.25) is 5.22 Å². The SMILES string of the molecule is CC(C)(C)C(CCCl)NC(=O)c1ccoc1Cl. The summed E-state index contributed by atoms with van der Waals surface area (Å²) in [7, 11) is 0. The van der Waals surface area contributed by atoms with Crippen LogP contribution < -0.4 is 5.32 Å². The lowest BCUT2D eigenvalue weighted by Crippen LogP contribution is -2.44. The van der Waals surface area contributed by atoms with Crippen LogP contribution >= 0.6 is 23.2 Å². The van der Waals surface area contributed by atoms with Crippen molar-refractivity contribution in [1.29, 1.82) is 0 Å². The summed E-state index contributed by atoms with van der Waals surface area (Å²) in [5, 5.41) is 3.05. The molecule has 0 aliphatic rings. The molecular weight excluding hydrogens is 261 g/mol. The van der Waals surface area contributed by atoms with Crippen LogP contribution in [0.3, 0.4) is 0 Å².